The van der Waals surface area contributed by atoms with Crippen molar-refractivity contribution in [2.45, 2.75) is 12.8 Å². The van der Waals surface area contributed by atoms with Gasteiger partial charge in [-0.15, -0.1) is 5.10 Å². The average molecular weight is 488 g/mol. The quantitative estimate of drug-likeness (QED) is 0.347. The summed E-state index contributed by atoms with van der Waals surface area (Å²) in [5.74, 6) is -1.75. The van der Waals surface area contributed by atoms with Crippen LogP contribution in [0.2, 0.25) is 10.0 Å². The first-order valence-electron chi connectivity index (χ1n) is 9.52. The van der Waals surface area contributed by atoms with Gasteiger partial charge in [-0.25, -0.2) is 0 Å². The summed E-state index contributed by atoms with van der Waals surface area (Å²) in [5.41, 5.74) is 7.11. The second-order valence-electron chi connectivity index (χ2n) is 6.95. The molecule has 10 nitrogen and oxygen atoms in total. The fourth-order valence-corrected chi connectivity index (χ4v) is 3.93. The maximum absolute atomic E-state index is 11.6. The number of halogens is 2. The van der Waals surface area contributed by atoms with Gasteiger partial charge in [-0.2, -0.15) is 5.26 Å². The number of H-pyrrole nitrogens is 1. The molecule has 4 rings (SSSR count). The molecule has 2 heterocycles. The maximum atomic E-state index is 11.6. The Balaban J connectivity index is 2.00. The Morgan fingerprint density at radius 1 is 1.36 bits per heavy atom. The van der Waals surface area contributed by atoms with E-state index in [1.54, 1.807) is 25.1 Å². The Labute approximate surface area is 196 Å². The van der Waals surface area contributed by atoms with Crippen molar-refractivity contribution in [3.05, 3.63) is 73.1 Å². The van der Waals surface area contributed by atoms with Gasteiger partial charge >= 0.3 is 5.69 Å². The van der Waals surface area contributed by atoms with Crippen LogP contribution in [0.5, 0.6) is 17.4 Å². The fraction of sp³-hybridized carbons (Fsp3) is 0.143. The van der Waals surface area contributed by atoms with Crippen LogP contribution in [0.25, 0.3) is 11.3 Å². The lowest BCUT2D eigenvalue weighted by Gasteiger charge is -2.24. The number of phenolic OH excluding ortho intramolecular Hbond substituents is 1. The van der Waals surface area contributed by atoms with E-state index in [2.05, 4.69) is 10.2 Å². The van der Waals surface area contributed by atoms with E-state index in [-0.39, 0.29) is 35.3 Å². The van der Waals surface area contributed by atoms with E-state index in [9.17, 15) is 20.5 Å². The molecule has 1 aliphatic rings. The zero-order valence-electron chi connectivity index (χ0n) is 16.9. The molecule has 168 valence electrons. The first-order chi connectivity index (χ1) is 15.8. The van der Waals surface area contributed by atoms with Crippen LogP contribution >= 0.6 is 23.2 Å². The molecule has 0 radical (unpaired) electrons. The summed E-state index contributed by atoms with van der Waals surface area (Å²) in [4.78, 5) is 10.9. The molecule has 1 atom stereocenters. The minimum Gasteiger partial charge on any atom is -0.500 e. The standard InChI is InChI=1S/C21H15Cl2N5O5/c1-2-32-15-7-10(6-14(19(15)29)28(30)31)16-11(8-24)20(25)33-21-17(16)18(26-27-21)9-3-4-12(22)13(23)5-9/h3-7,16,29H,2,25H2,1H3,(H,26,27). The highest BCUT2D eigenvalue weighted by atomic mass is 35.5. The fourth-order valence-electron chi connectivity index (χ4n) is 3.64. The number of nitriles is 1. The summed E-state index contributed by atoms with van der Waals surface area (Å²) in [5, 5.41) is 39.4. The summed E-state index contributed by atoms with van der Waals surface area (Å²) < 4.78 is 10.9. The molecular formula is C21H15Cl2N5O5. The summed E-state index contributed by atoms with van der Waals surface area (Å²) in [6.45, 7) is 1.82. The Morgan fingerprint density at radius 3 is 2.76 bits per heavy atom. The largest absolute Gasteiger partial charge is 0.500 e. The van der Waals surface area contributed by atoms with Gasteiger partial charge in [0.2, 0.25) is 17.5 Å². The number of nitrogens with zero attached hydrogens (tertiary/aromatic N) is 3. The number of hydrogen-bond donors (Lipinski definition) is 3. The molecule has 1 aliphatic heterocycles. The van der Waals surface area contributed by atoms with E-state index in [0.717, 1.165) is 6.07 Å². The van der Waals surface area contributed by atoms with Gasteiger partial charge in [0.1, 0.15) is 11.6 Å². The zero-order valence-corrected chi connectivity index (χ0v) is 18.4. The second-order valence-corrected chi connectivity index (χ2v) is 7.76. The van der Waals surface area contributed by atoms with Crippen LogP contribution in [-0.4, -0.2) is 26.8 Å². The normalized spacial score (nSPS) is 14.9. The summed E-state index contributed by atoms with van der Waals surface area (Å²) in [6.07, 6.45) is 0. The monoisotopic (exact) mass is 487 g/mol. The van der Waals surface area contributed by atoms with Crippen LogP contribution in [0.1, 0.15) is 24.0 Å². The summed E-state index contributed by atoms with van der Waals surface area (Å²) in [6, 6.07) is 9.49. The summed E-state index contributed by atoms with van der Waals surface area (Å²) >= 11 is 12.2. The first kappa shape index (κ1) is 22.3. The highest BCUT2D eigenvalue weighted by Gasteiger charge is 2.37. The Morgan fingerprint density at radius 2 is 2.12 bits per heavy atom. The molecule has 12 heteroatoms. The van der Waals surface area contributed by atoms with Gasteiger partial charge in [-0.3, -0.25) is 15.2 Å². The topological polar surface area (TPSA) is 160 Å². The average Bonchev–Trinajstić information content (AvgIpc) is 3.19. The number of allylic oxidation sites excluding steroid dienone is 1. The van der Waals surface area contributed by atoms with E-state index in [4.69, 9.17) is 38.4 Å². The molecule has 0 aliphatic carbocycles. The van der Waals surface area contributed by atoms with Crippen LogP contribution in [0.15, 0.2) is 41.8 Å². The van der Waals surface area contributed by atoms with Crippen LogP contribution in [0, 0.1) is 21.4 Å². The van der Waals surface area contributed by atoms with Crippen molar-refractivity contribution < 1.29 is 19.5 Å². The van der Waals surface area contributed by atoms with E-state index < -0.39 is 22.3 Å². The number of aromatic hydroxyl groups is 1. The number of nitro groups is 1. The number of aromatic amines is 1. The van der Waals surface area contributed by atoms with Gasteiger partial charge in [0.25, 0.3) is 0 Å². The molecule has 2 aromatic carbocycles. The van der Waals surface area contributed by atoms with Crippen molar-refractivity contribution >= 4 is 28.9 Å². The van der Waals surface area contributed by atoms with Crippen molar-refractivity contribution in [1.29, 1.82) is 5.26 Å². The summed E-state index contributed by atoms with van der Waals surface area (Å²) in [7, 11) is 0. The molecule has 0 saturated carbocycles. The van der Waals surface area contributed by atoms with Gasteiger partial charge in [0.15, 0.2) is 5.75 Å². The van der Waals surface area contributed by atoms with Gasteiger partial charge in [-0.05, 0) is 30.7 Å². The van der Waals surface area contributed by atoms with Crippen LogP contribution in [0.3, 0.4) is 0 Å². The number of hydrogen-bond acceptors (Lipinski definition) is 8. The third kappa shape index (κ3) is 3.77. The molecular weight excluding hydrogens is 473 g/mol. The Kier molecular flexibility index (Phi) is 5.76. The number of rotatable bonds is 5. The van der Waals surface area contributed by atoms with E-state index in [1.807, 2.05) is 6.07 Å². The molecule has 0 spiro atoms. The van der Waals surface area contributed by atoms with Gasteiger partial charge in [0, 0.05) is 11.6 Å². The molecule has 0 bridgehead atoms. The highest BCUT2D eigenvalue weighted by Crippen LogP contribution is 2.49. The SMILES string of the molecule is CCOc1cc(C2C(C#N)=C(N)Oc3n[nH]c(-c4ccc(Cl)c(Cl)c4)c32)cc([N+](=O)[O-])c1O. The number of aromatic nitrogens is 2. The van der Waals surface area contributed by atoms with Gasteiger partial charge in [-0.1, -0.05) is 29.3 Å². The molecule has 3 aromatic rings. The number of fused-ring (bicyclic) bond motifs is 1. The number of nitrogens with two attached hydrogens (primary N) is 1. The molecule has 1 aromatic heterocycles. The number of ether oxygens (including phenoxy) is 2. The molecule has 0 amide bonds. The zero-order chi connectivity index (χ0) is 23.9. The maximum Gasteiger partial charge on any atom is 0.314 e. The van der Waals surface area contributed by atoms with Crippen LogP contribution < -0.4 is 15.2 Å². The smallest absolute Gasteiger partial charge is 0.314 e. The van der Waals surface area contributed by atoms with Crippen molar-refractivity contribution in [2.75, 3.05) is 6.61 Å². The number of phenols is 1. The van der Waals surface area contributed by atoms with E-state index in [0.29, 0.717) is 26.9 Å². The second kappa shape index (κ2) is 8.54. The molecule has 1 unspecified atom stereocenters. The minimum atomic E-state index is -0.916. The first-order valence-corrected chi connectivity index (χ1v) is 10.3. The van der Waals surface area contributed by atoms with E-state index >= 15 is 0 Å². The van der Waals surface area contributed by atoms with E-state index in [1.165, 1.54) is 6.07 Å². The lowest BCUT2D eigenvalue weighted by molar-refractivity contribution is -0.386. The predicted molar refractivity (Wildman–Crippen MR) is 119 cm³/mol. The van der Waals surface area contributed by atoms with Crippen molar-refractivity contribution in [1.82, 2.24) is 10.2 Å². The van der Waals surface area contributed by atoms with Gasteiger partial charge in [0.05, 0.1) is 38.8 Å². The highest BCUT2D eigenvalue weighted by molar-refractivity contribution is 6.42. The molecule has 33 heavy (non-hydrogen) atoms. The van der Waals surface area contributed by atoms with Crippen LogP contribution in [-0.2, 0) is 0 Å². The Hall–Kier alpha value is -3.94. The molecule has 4 N–H and O–H groups in total. The van der Waals surface area contributed by atoms with Crippen LogP contribution in [0.4, 0.5) is 5.69 Å². The predicted octanol–water partition coefficient (Wildman–Crippen LogP) is 4.61. The third-order valence-electron chi connectivity index (χ3n) is 5.05. The molecule has 0 saturated heterocycles. The minimum absolute atomic E-state index is 0.00708. The number of benzene rings is 2. The third-order valence-corrected chi connectivity index (χ3v) is 5.79. The lowest BCUT2D eigenvalue weighted by Crippen LogP contribution is -2.21. The number of nitrogens with one attached hydrogen (secondary N) is 1. The Bertz CT molecular complexity index is 1360. The lowest BCUT2D eigenvalue weighted by atomic mass is 9.82. The van der Waals surface area contributed by atoms with Gasteiger partial charge < -0.3 is 20.3 Å². The van der Waals surface area contributed by atoms with Crippen molar-refractivity contribution in [2.24, 2.45) is 5.73 Å². The molecule has 0 fully saturated rings. The van der Waals surface area contributed by atoms with Crippen molar-refractivity contribution in [3.8, 4) is 34.7 Å². The van der Waals surface area contributed by atoms with Crippen molar-refractivity contribution in [3.63, 3.8) is 0 Å². The number of nitro benzene ring substituents is 1.